The number of thiophene rings is 1. The summed E-state index contributed by atoms with van der Waals surface area (Å²) in [5.41, 5.74) is 5.14. The summed E-state index contributed by atoms with van der Waals surface area (Å²) in [5, 5.41) is 5.10. The highest BCUT2D eigenvalue weighted by molar-refractivity contribution is 7.09. The molecule has 0 aliphatic carbocycles. The van der Waals surface area contributed by atoms with Crippen molar-refractivity contribution in [3.63, 3.8) is 0 Å². The third-order valence-corrected chi connectivity index (χ3v) is 5.21. The molecule has 0 saturated carbocycles. The van der Waals surface area contributed by atoms with E-state index in [-0.39, 0.29) is 5.91 Å². The Morgan fingerprint density at radius 1 is 1.12 bits per heavy atom. The third kappa shape index (κ3) is 3.29. The standard InChI is InChI=1S/C20H22N2OS/c1-14-7-4-5-9-19(14)22-15(2)13-18(16(22)3)20(23)21-11-10-17-8-6-12-24-17/h4-9,12-13H,10-11H2,1-3H3,(H,21,23). The molecule has 0 bridgehead atoms. The molecule has 0 aliphatic rings. The molecule has 0 atom stereocenters. The third-order valence-electron chi connectivity index (χ3n) is 4.27. The Labute approximate surface area is 147 Å². The SMILES string of the molecule is Cc1ccccc1-n1c(C)cc(C(=O)NCCc2cccs2)c1C. The monoisotopic (exact) mass is 338 g/mol. The molecule has 4 heteroatoms. The lowest BCUT2D eigenvalue weighted by atomic mass is 10.2. The number of nitrogens with one attached hydrogen (secondary N) is 1. The zero-order valence-corrected chi connectivity index (χ0v) is 15.1. The van der Waals surface area contributed by atoms with E-state index >= 15 is 0 Å². The summed E-state index contributed by atoms with van der Waals surface area (Å²) < 4.78 is 2.16. The summed E-state index contributed by atoms with van der Waals surface area (Å²) in [6.07, 6.45) is 0.875. The fourth-order valence-corrected chi connectivity index (χ4v) is 3.74. The topological polar surface area (TPSA) is 34.0 Å². The molecule has 1 N–H and O–H groups in total. The van der Waals surface area contributed by atoms with Crippen LogP contribution in [0.25, 0.3) is 5.69 Å². The summed E-state index contributed by atoms with van der Waals surface area (Å²) in [6, 6.07) is 14.4. The van der Waals surface area contributed by atoms with Gasteiger partial charge < -0.3 is 9.88 Å². The van der Waals surface area contributed by atoms with Gasteiger partial charge in [0.2, 0.25) is 0 Å². The molecule has 0 aliphatic heterocycles. The highest BCUT2D eigenvalue weighted by Gasteiger charge is 2.17. The summed E-state index contributed by atoms with van der Waals surface area (Å²) >= 11 is 1.72. The zero-order chi connectivity index (χ0) is 17.1. The minimum absolute atomic E-state index is 0.000472. The molecule has 1 aromatic carbocycles. The van der Waals surface area contributed by atoms with Gasteiger partial charge in [0.15, 0.2) is 0 Å². The first-order valence-corrected chi connectivity index (χ1v) is 9.01. The Bertz CT molecular complexity index is 847. The van der Waals surface area contributed by atoms with E-state index in [0.717, 1.165) is 29.1 Å². The second-order valence-electron chi connectivity index (χ2n) is 5.99. The van der Waals surface area contributed by atoms with Crippen LogP contribution in [0.1, 0.15) is 32.2 Å². The number of rotatable bonds is 5. The van der Waals surface area contributed by atoms with Crippen LogP contribution >= 0.6 is 11.3 Å². The van der Waals surface area contributed by atoms with Gasteiger partial charge in [-0.25, -0.2) is 0 Å². The Morgan fingerprint density at radius 3 is 2.62 bits per heavy atom. The molecule has 2 heterocycles. The predicted octanol–water partition coefficient (Wildman–Crippen LogP) is 4.44. The molecule has 3 rings (SSSR count). The molecule has 0 radical (unpaired) electrons. The van der Waals surface area contributed by atoms with Crippen LogP contribution in [-0.4, -0.2) is 17.0 Å². The van der Waals surface area contributed by atoms with Gasteiger partial charge in [-0.1, -0.05) is 24.3 Å². The molecule has 1 amide bonds. The van der Waals surface area contributed by atoms with E-state index in [9.17, 15) is 4.79 Å². The van der Waals surface area contributed by atoms with Crippen LogP contribution in [0, 0.1) is 20.8 Å². The Balaban J connectivity index is 1.78. The van der Waals surface area contributed by atoms with Crippen LogP contribution in [0.15, 0.2) is 47.8 Å². The van der Waals surface area contributed by atoms with Crippen LogP contribution in [0.3, 0.4) is 0 Å². The number of benzene rings is 1. The lowest BCUT2D eigenvalue weighted by Gasteiger charge is -2.12. The van der Waals surface area contributed by atoms with Gasteiger partial charge in [0.05, 0.1) is 5.56 Å². The van der Waals surface area contributed by atoms with E-state index in [1.807, 2.05) is 38.1 Å². The van der Waals surface area contributed by atoms with Crippen molar-refractivity contribution in [3.05, 3.63) is 75.2 Å². The van der Waals surface area contributed by atoms with Crippen molar-refractivity contribution < 1.29 is 4.79 Å². The van der Waals surface area contributed by atoms with E-state index in [0.29, 0.717) is 6.54 Å². The summed E-state index contributed by atoms with van der Waals surface area (Å²) in [7, 11) is 0. The molecular weight excluding hydrogens is 316 g/mol. The quantitative estimate of drug-likeness (QED) is 0.733. The van der Waals surface area contributed by atoms with Crippen LogP contribution in [0.2, 0.25) is 0 Å². The summed E-state index contributed by atoms with van der Waals surface area (Å²) in [5.74, 6) is -0.000472. The molecule has 3 nitrogen and oxygen atoms in total. The van der Waals surface area contributed by atoms with Gasteiger partial charge in [-0.3, -0.25) is 4.79 Å². The first-order valence-electron chi connectivity index (χ1n) is 8.13. The van der Waals surface area contributed by atoms with Gasteiger partial charge >= 0.3 is 0 Å². The number of nitrogens with zero attached hydrogens (tertiary/aromatic N) is 1. The van der Waals surface area contributed by atoms with Gasteiger partial charge in [0.1, 0.15) is 0 Å². The summed E-state index contributed by atoms with van der Waals surface area (Å²) in [6.45, 7) is 6.80. The molecule has 24 heavy (non-hydrogen) atoms. The van der Waals surface area contributed by atoms with Crippen molar-refractivity contribution in [2.45, 2.75) is 27.2 Å². The van der Waals surface area contributed by atoms with Gasteiger partial charge in [0, 0.05) is 28.5 Å². The Kier molecular flexibility index (Phi) is 4.86. The average Bonchev–Trinajstić information content (AvgIpc) is 3.17. The van der Waals surface area contributed by atoms with E-state index in [1.54, 1.807) is 11.3 Å². The Hall–Kier alpha value is -2.33. The molecule has 2 aromatic heterocycles. The van der Waals surface area contributed by atoms with Crippen molar-refractivity contribution >= 4 is 17.2 Å². The number of hydrogen-bond acceptors (Lipinski definition) is 2. The maximum absolute atomic E-state index is 12.6. The van der Waals surface area contributed by atoms with Gasteiger partial charge in [-0.15, -0.1) is 11.3 Å². The predicted molar refractivity (Wildman–Crippen MR) is 100 cm³/mol. The smallest absolute Gasteiger partial charge is 0.253 e. The molecule has 0 fully saturated rings. The number of amides is 1. The van der Waals surface area contributed by atoms with E-state index in [4.69, 9.17) is 0 Å². The zero-order valence-electron chi connectivity index (χ0n) is 14.3. The van der Waals surface area contributed by atoms with Crippen molar-refractivity contribution in [3.8, 4) is 5.69 Å². The number of hydrogen-bond donors (Lipinski definition) is 1. The van der Waals surface area contributed by atoms with Gasteiger partial charge in [0.25, 0.3) is 5.91 Å². The number of para-hydroxylation sites is 1. The molecule has 3 aromatic rings. The molecule has 124 valence electrons. The van der Waals surface area contributed by atoms with E-state index < -0.39 is 0 Å². The molecule has 0 saturated heterocycles. The van der Waals surface area contributed by atoms with Gasteiger partial charge in [-0.05, 0) is 56.3 Å². The number of aryl methyl sites for hydroxylation is 2. The first kappa shape index (κ1) is 16.5. The van der Waals surface area contributed by atoms with Crippen molar-refractivity contribution in [2.75, 3.05) is 6.54 Å². The molecule has 0 spiro atoms. The molecule has 0 unspecified atom stereocenters. The largest absolute Gasteiger partial charge is 0.352 e. The normalized spacial score (nSPS) is 10.8. The van der Waals surface area contributed by atoms with E-state index in [2.05, 4.69) is 40.4 Å². The minimum Gasteiger partial charge on any atom is -0.352 e. The maximum Gasteiger partial charge on any atom is 0.253 e. The second-order valence-corrected chi connectivity index (χ2v) is 7.02. The van der Waals surface area contributed by atoms with Crippen molar-refractivity contribution in [1.29, 1.82) is 0 Å². The lowest BCUT2D eigenvalue weighted by Crippen LogP contribution is -2.26. The second kappa shape index (κ2) is 7.05. The number of aromatic nitrogens is 1. The van der Waals surface area contributed by atoms with Crippen LogP contribution in [0.4, 0.5) is 0 Å². The van der Waals surface area contributed by atoms with Crippen LogP contribution in [-0.2, 0) is 6.42 Å². The average molecular weight is 338 g/mol. The van der Waals surface area contributed by atoms with Crippen molar-refractivity contribution in [2.24, 2.45) is 0 Å². The van der Waals surface area contributed by atoms with Crippen LogP contribution in [0.5, 0.6) is 0 Å². The Morgan fingerprint density at radius 2 is 1.92 bits per heavy atom. The fourth-order valence-electron chi connectivity index (χ4n) is 3.03. The maximum atomic E-state index is 12.6. The molecular formula is C20H22N2OS. The number of carbonyl (C=O) groups is 1. The minimum atomic E-state index is -0.000472. The number of carbonyl (C=O) groups excluding carboxylic acids is 1. The first-order chi connectivity index (χ1) is 11.6. The van der Waals surface area contributed by atoms with E-state index in [1.165, 1.54) is 10.4 Å². The highest BCUT2D eigenvalue weighted by atomic mass is 32.1. The lowest BCUT2D eigenvalue weighted by molar-refractivity contribution is 0.0953. The van der Waals surface area contributed by atoms with Gasteiger partial charge in [-0.2, -0.15) is 0 Å². The highest BCUT2D eigenvalue weighted by Crippen LogP contribution is 2.23. The summed E-state index contributed by atoms with van der Waals surface area (Å²) in [4.78, 5) is 13.8. The van der Waals surface area contributed by atoms with Crippen LogP contribution < -0.4 is 5.32 Å². The fraction of sp³-hybridized carbons (Fsp3) is 0.250. The van der Waals surface area contributed by atoms with Crippen molar-refractivity contribution in [1.82, 2.24) is 9.88 Å².